The molecule has 4 rings (SSSR count). The molecule has 31 heavy (non-hydrogen) atoms. The Bertz CT molecular complexity index is 984. The Labute approximate surface area is 190 Å². The van der Waals surface area contributed by atoms with Crippen LogP contribution in [0.5, 0.6) is 0 Å². The molecular weight excluding hydrogens is 434 g/mol. The molecule has 0 unspecified atom stereocenters. The number of piperidine rings is 1. The van der Waals surface area contributed by atoms with E-state index in [0.29, 0.717) is 35.1 Å². The monoisotopic (exact) mass is 465 g/mol. The topological polar surface area (TPSA) is 78.8 Å². The number of carbonyl (C=O) groups excluding carboxylic acids is 1. The Morgan fingerprint density at radius 2 is 1.77 bits per heavy atom. The smallest absolute Gasteiger partial charge is 0.253 e. The summed E-state index contributed by atoms with van der Waals surface area (Å²) in [7, 11) is -3.63. The molecule has 0 bridgehead atoms. The molecule has 1 amide bonds. The molecule has 0 aromatic heterocycles. The van der Waals surface area contributed by atoms with Crippen molar-refractivity contribution < 1.29 is 13.2 Å². The molecule has 1 saturated carbocycles. The summed E-state index contributed by atoms with van der Waals surface area (Å²) in [6.07, 6.45) is 5.21. The van der Waals surface area contributed by atoms with E-state index in [1.165, 1.54) is 10.4 Å². The highest BCUT2D eigenvalue weighted by Crippen LogP contribution is 2.41. The third-order valence-corrected chi connectivity index (χ3v) is 9.45. The van der Waals surface area contributed by atoms with Crippen molar-refractivity contribution >= 4 is 33.4 Å². The molecule has 1 N–H and O–H groups in total. The Hall–Kier alpha value is -1.44. The van der Waals surface area contributed by atoms with Crippen molar-refractivity contribution in [3.05, 3.63) is 29.3 Å². The average molecular weight is 466 g/mol. The zero-order valence-corrected chi connectivity index (χ0v) is 20.1. The van der Waals surface area contributed by atoms with Crippen LogP contribution >= 0.6 is 11.6 Å². The van der Waals surface area contributed by atoms with Gasteiger partial charge in [-0.25, -0.2) is 8.42 Å². The highest BCUT2D eigenvalue weighted by Gasteiger charge is 2.48. The van der Waals surface area contributed by atoms with Crippen LogP contribution in [0.15, 0.2) is 34.2 Å². The molecular formula is C23H32ClN3O3S. The summed E-state index contributed by atoms with van der Waals surface area (Å²) in [6, 6.07) is 6.31. The normalized spacial score (nSPS) is 27.2. The first kappa shape index (κ1) is 22.7. The molecule has 170 valence electrons. The Kier molecular flexibility index (Phi) is 5.99. The number of nitrogens with zero attached hydrogens (tertiary/aromatic N) is 2. The Morgan fingerprint density at radius 3 is 2.35 bits per heavy atom. The van der Waals surface area contributed by atoms with E-state index in [-0.39, 0.29) is 23.9 Å². The van der Waals surface area contributed by atoms with Gasteiger partial charge in [-0.15, -0.1) is 0 Å². The molecule has 6 nitrogen and oxygen atoms in total. The largest absolute Gasteiger partial charge is 0.312 e. The molecule has 1 saturated heterocycles. The number of carbonyl (C=O) groups is 1. The van der Waals surface area contributed by atoms with E-state index in [4.69, 9.17) is 16.6 Å². The fourth-order valence-electron chi connectivity index (χ4n) is 5.18. The summed E-state index contributed by atoms with van der Waals surface area (Å²) in [5.41, 5.74) is -0.509. The molecule has 1 spiro atoms. The molecule has 1 aromatic rings. The van der Waals surface area contributed by atoms with Crippen LogP contribution in [0.25, 0.3) is 0 Å². The van der Waals surface area contributed by atoms with Crippen LogP contribution in [-0.2, 0) is 14.8 Å². The first-order valence-electron chi connectivity index (χ1n) is 11.2. The highest BCUT2D eigenvalue weighted by atomic mass is 35.5. The van der Waals surface area contributed by atoms with Gasteiger partial charge in [0.1, 0.15) is 11.4 Å². The van der Waals surface area contributed by atoms with Gasteiger partial charge in [0.05, 0.1) is 4.90 Å². The molecule has 0 atom stereocenters. The van der Waals surface area contributed by atoms with Crippen molar-refractivity contribution in [2.45, 2.75) is 69.7 Å². The number of amidine groups is 1. The second-order valence-electron chi connectivity index (χ2n) is 10.3. The first-order valence-corrected chi connectivity index (χ1v) is 13.0. The van der Waals surface area contributed by atoms with Crippen LogP contribution in [0.4, 0.5) is 0 Å². The van der Waals surface area contributed by atoms with Crippen LogP contribution in [0.1, 0.15) is 59.3 Å². The van der Waals surface area contributed by atoms with Gasteiger partial charge in [-0.2, -0.15) is 4.31 Å². The van der Waals surface area contributed by atoms with E-state index in [1.807, 2.05) is 0 Å². The molecule has 2 fully saturated rings. The van der Waals surface area contributed by atoms with Gasteiger partial charge in [-0.05, 0) is 68.1 Å². The molecule has 0 radical (unpaired) electrons. The first-order chi connectivity index (χ1) is 14.5. The number of hydrogen-bond donors (Lipinski definition) is 1. The second-order valence-corrected chi connectivity index (χ2v) is 12.6. The minimum Gasteiger partial charge on any atom is -0.312 e. The van der Waals surface area contributed by atoms with E-state index < -0.39 is 15.6 Å². The zero-order chi connectivity index (χ0) is 22.4. The third kappa shape index (κ3) is 4.41. The lowest BCUT2D eigenvalue weighted by Gasteiger charge is -2.37. The maximum absolute atomic E-state index is 13.0. The number of rotatable bonds is 3. The van der Waals surface area contributed by atoms with Crippen molar-refractivity contribution in [3.8, 4) is 0 Å². The molecule has 1 aromatic carbocycles. The van der Waals surface area contributed by atoms with Crippen molar-refractivity contribution in [2.75, 3.05) is 13.1 Å². The number of halogens is 1. The van der Waals surface area contributed by atoms with Crippen molar-refractivity contribution in [3.63, 3.8) is 0 Å². The Balaban J connectivity index is 1.43. The number of nitrogens with one attached hydrogen (secondary N) is 1. The third-order valence-electron chi connectivity index (χ3n) is 7.32. The van der Waals surface area contributed by atoms with Gasteiger partial charge in [0.2, 0.25) is 10.0 Å². The SMILES string of the molecule is CC(C)(C)C1CCC(C2=NC3(CCN(S(=O)(=O)c4cccc(Cl)c4)CC3)C(=O)N2)CC1. The number of aliphatic imine (C=N–C) groups is 1. The molecule has 2 aliphatic heterocycles. The highest BCUT2D eigenvalue weighted by molar-refractivity contribution is 7.89. The summed E-state index contributed by atoms with van der Waals surface area (Å²) in [4.78, 5) is 18.0. The van der Waals surface area contributed by atoms with Gasteiger partial charge in [-0.3, -0.25) is 9.79 Å². The zero-order valence-electron chi connectivity index (χ0n) is 18.5. The van der Waals surface area contributed by atoms with Crippen molar-refractivity contribution in [2.24, 2.45) is 22.2 Å². The number of sulfonamides is 1. The fraction of sp³-hybridized carbons (Fsp3) is 0.652. The number of amides is 1. The van der Waals surface area contributed by atoms with Gasteiger partial charge < -0.3 is 5.32 Å². The van der Waals surface area contributed by atoms with Crippen molar-refractivity contribution in [1.29, 1.82) is 0 Å². The fourth-order valence-corrected chi connectivity index (χ4v) is 6.92. The van der Waals surface area contributed by atoms with Crippen molar-refractivity contribution in [1.82, 2.24) is 9.62 Å². The van der Waals surface area contributed by atoms with Gasteiger partial charge in [0.15, 0.2) is 0 Å². The Morgan fingerprint density at radius 1 is 1.13 bits per heavy atom. The minimum absolute atomic E-state index is 0.0692. The lowest BCUT2D eigenvalue weighted by Crippen LogP contribution is -2.50. The average Bonchev–Trinajstić information content (AvgIpc) is 3.03. The summed E-state index contributed by atoms with van der Waals surface area (Å²) >= 11 is 5.98. The summed E-state index contributed by atoms with van der Waals surface area (Å²) in [6.45, 7) is 7.44. The van der Waals surface area contributed by atoms with Crippen LogP contribution in [0.2, 0.25) is 5.02 Å². The predicted molar refractivity (Wildman–Crippen MR) is 123 cm³/mol. The summed E-state index contributed by atoms with van der Waals surface area (Å²) in [5, 5.41) is 3.45. The molecule has 1 aliphatic carbocycles. The lowest BCUT2D eigenvalue weighted by atomic mass is 9.69. The summed E-state index contributed by atoms with van der Waals surface area (Å²) in [5.74, 6) is 1.76. The molecule has 3 aliphatic rings. The number of benzene rings is 1. The predicted octanol–water partition coefficient (Wildman–Crippen LogP) is 4.24. The maximum Gasteiger partial charge on any atom is 0.253 e. The van der Waals surface area contributed by atoms with E-state index in [0.717, 1.165) is 31.5 Å². The second kappa shape index (κ2) is 8.16. The molecule has 8 heteroatoms. The van der Waals surface area contributed by atoms with Gasteiger partial charge in [0, 0.05) is 24.0 Å². The molecule has 2 heterocycles. The lowest BCUT2D eigenvalue weighted by molar-refractivity contribution is -0.125. The van der Waals surface area contributed by atoms with Crippen LogP contribution in [-0.4, -0.2) is 43.1 Å². The quantitative estimate of drug-likeness (QED) is 0.724. The number of hydrogen-bond acceptors (Lipinski definition) is 4. The van der Waals surface area contributed by atoms with E-state index in [1.54, 1.807) is 18.2 Å². The van der Waals surface area contributed by atoms with Crippen LogP contribution < -0.4 is 5.32 Å². The van der Waals surface area contributed by atoms with E-state index in [9.17, 15) is 13.2 Å². The standard InChI is InChI=1S/C23H32ClN3O3S/c1-22(2,3)17-9-7-16(8-10-17)20-25-21(28)23(26-20)11-13-27(14-12-23)31(29,30)19-6-4-5-18(24)15-19/h4-6,15-17H,7-14H2,1-3H3,(H,25,26,28). The van der Waals surface area contributed by atoms with Gasteiger partial charge in [-0.1, -0.05) is 38.4 Å². The van der Waals surface area contributed by atoms with Crippen LogP contribution in [0, 0.1) is 17.3 Å². The van der Waals surface area contributed by atoms with E-state index >= 15 is 0 Å². The summed E-state index contributed by atoms with van der Waals surface area (Å²) < 4.78 is 27.4. The van der Waals surface area contributed by atoms with Crippen LogP contribution in [0.3, 0.4) is 0 Å². The van der Waals surface area contributed by atoms with Gasteiger partial charge >= 0.3 is 0 Å². The maximum atomic E-state index is 13.0. The van der Waals surface area contributed by atoms with Gasteiger partial charge in [0.25, 0.3) is 5.91 Å². The minimum atomic E-state index is -3.63. The van der Waals surface area contributed by atoms with E-state index in [2.05, 4.69) is 26.1 Å².